The maximum Gasteiger partial charge on any atom is 0.229 e. The van der Waals surface area contributed by atoms with Gasteiger partial charge in [-0.1, -0.05) is 11.8 Å². The molecule has 1 atom stereocenters. The van der Waals surface area contributed by atoms with E-state index in [1.165, 1.54) is 11.8 Å². The van der Waals surface area contributed by atoms with Gasteiger partial charge in [0.1, 0.15) is 11.5 Å². The normalized spacial score (nSPS) is 17.9. The topological polar surface area (TPSA) is 84.3 Å². The number of allylic oxidation sites excluding steroid dienone is 1. The van der Waals surface area contributed by atoms with Gasteiger partial charge in [-0.2, -0.15) is 5.26 Å². The molecule has 0 N–H and O–H groups in total. The van der Waals surface area contributed by atoms with E-state index in [0.29, 0.717) is 40.4 Å². The highest BCUT2D eigenvalue weighted by Crippen LogP contribution is 2.47. The SMILES string of the molecule is COc1ccc(N2CSC3=C(C#N)C(c4cc(OC)c(OC)cc4OC)CC(=O)N3C2)cc1. The fraction of sp³-hybridized carbons (Fsp3) is 0.333. The second kappa shape index (κ2) is 9.55. The molecule has 0 spiro atoms. The highest BCUT2D eigenvalue weighted by Gasteiger charge is 2.39. The maximum atomic E-state index is 13.3. The molecule has 0 radical (unpaired) electrons. The van der Waals surface area contributed by atoms with Gasteiger partial charge in [-0.3, -0.25) is 9.69 Å². The van der Waals surface area contributed by atoms with Gasteiger partial charge in [-0.05, 0) is 30.3 Å². The number of carbonyl (C=O) groups excluding carboxylic acids is 1. The van der Waals surface area contributed by atoms with Crippen molar-refractivity contribution in [1.29, 1.82) is 5.26 Å². The first kappa shape index (κ1) is 22.7. The van der Waals surface area contributed by atoms with Gasteiger partial charge in [0.25, 0.3) is 0 Å². The molecule has 0 aromatic heterocycles. The third-order valence-electron chi connectivity index (χ3n) is 5.84. The van der Waals surface area contributed by atoms with Gasteiger partial charge < -0.3 is 23.8 Å². The Kier molecular flexibility index (Phi) is 6.56. The highest BCUT2D eigenvalue weighted by molar-refractivity contribution is 8.03. The second-order valence-electron chi connectivity index (χ2n) is 7.51. The molecule has 1 amide bonds. The minimum atomic E-state index is -0.427. The number of hydrogen-bond acceptors (Lipinski definition) is 8. The Morgan fingerprint density at radius 2 is 1.64 bits per heavy atom. The van der Waals surface area contributed by atoms with Crippen molar-refractivity contribution in [2.24, 2.45) is 0 Å². The van der Waals surface area contributed by atoms with Crippen LogP contribution in [0.25, 0.3) is 0 Å². The third kappa shape index (κ3) is 4.14. The minimum Gasteiger partial charge on any atom is -0.497 e. The van der Waals surface area contributed by atoms with E-state index in [1.54, 1.807) is 45.5 Å². The summed E-state index contributed by atoms with van der Waals surface area (Å²) in [6.45, 7) is 0.383. The van der Waals surface area contributed by atoms with E-state index >= 15 is 0 Å². The number of thioether (sulfide) groups is 1. The summed E-state index contributed by atoms with van der Waals surface area (Å²) in [6.07, 6.45) is 0.162. The van der Waals surface area contributed by atoms with Crippen LogP contribution in [0.4, 0.5) is 5.69 Å². The van der Waals surface area contributed by atoms with E-state index in [9.17, 15) is 10.1 Å². The standard InChI is InChI=1S/C24H25N3O5S/c1-29-16-7-5-15(6-8-16)26-13-27-23(28)10-17(19(12-25)24(27)33-14-26)18-9-21(31-3)22(32-4)11-20(18)30-2/h5-9,11,17H,10,13-14H2,1-4H3. The smallest absolute Gasteiger partial charge is 0.229 e. The zero-order valence-electron chi connectivity index (χ0n) is 19.0. The molecule has 1 saturated heterocycles. The van der Waals surface area contributed by atoms with Crippen LogP contribution in [0.2, 0.25) is 0 Å². The Balaban J connectivity index is 1.69. The van der Waals surface area contributed by atoms with E-state index in [4.69, 9.17) is 18.9 Å². The number of amides is 1. The molecule has 33 heavy (non-hydrogen) atoms. The van der Waals surface area contributed by atoms with Crippen LogP contribution in [-0.4, -0.2) is 51.8 Å². The number of nitrogens with zero attached hydrogens (tertiary/aromatic N) is 3. The summed E-state index contributed by atoms with van der Waals surface area (Å²) in [5.74, 6) is 2.51. The van der Waals surface area contributed by atoms with Crippen molar-refractivity contribution < 1.29 is 23.7 Å². The molecule has 1 fully saturated rings. The predicted molar refractivity (Wildman–Crippen MR) is 126 cm³/mol. The average molecular weight is 468 g/mol. The molecule has 2 heterocycles. The van der Waals surface area contributed by atoms with Gasteiger partial charge >= 0.3 is 0 Å². The lowest BCUT2D eigenvalue weighted by Crippen LogP contribution is -2.47. The van der Waals surface area contributed by atoms with Crippen molar-refractivity contribution in [3.8, 4) is 29.1 Å². The molecule has 1 unspecified atom stereocenters. The first-order valence-electron chi connectivity index (χ1n) is 10.3. The number of nitriles is 1. The maximum absolute atomic E-state index is 13.3. The number of methoxy groups -OCH3 is 4. The Labute approximate surface area is 197 Å². The number of rotatable bonds is 6. The Morgan fingerprint density at radius 1 is 0.970 bits per heavy atom. The van der Waals surface area contributed by atoms with Gasteiger partial charge in [-0.15, -0.1) is 0 Å². The molecule has 2 aliphatic rings. The monoisotopic (exact) mass is 467 g/mol. The first-order valence-corrected chi connectivity index (χ1v) is 11.3. The van der Waals surface area contributed by atoms with E-state index in [1.807, 2.05) is 24.3 Å². The van der Waals surface area contributed by atoms with Crippen LogP contribution < -0.4 is 23.8 Å². The van der Waals surface area contributed by atoms with E-state index in [2.05, 4.69) is 11.0 Å². The average Bonchev–Trinajstić information content (AvgIpc) is 2.87. The first-order chi connectivity index (χ1) is 16.0. The third-order valence-corrected chi connectivity index (χ3v) is 7.00. The Morgan fingerprint density at radius 3 is 2.24 bits per heavy atom. The molecule has 0 saturated carbocycles. The lowest BCUT2D eigenvalue weighted by Gasteiger charge is -2.42. The molecule has 172 valence electrons. The van der Waals surface area contributed by atoms with Crippen LogP contribution in [-0.2, 0) is 4.79 Å². The highest BCUT2D eigenvalue weighted by atomic mass is 32.2. The molecule has 0 bridgehead atoms. The van der Waals surface area contributed by atoms with Crippen molar-refractivity contribution >= 4 is 23.4 Å². The molecule has 4 rings (SSSR count). The summed E-state index contributed by atoms with van der Waals surface area (Å²) in [4.78, 5) is 17.0. The minimum absolute atomic E-state index is 0.0449. The molecule has 2 aliphatic heterocycles. The molecular weight excluding hydrogens is 442 g/mol. The van der Waals surface area contributed by atoms with Gasteiger partial charge in [-0.25, -0.2) is 0 Å². The number of fused-ring (bicyclic) bond motifs is 1. The van der Waals surface area contributed by atoms with Crippen LogP contribution in [0, 0.1) is 11.3 Å². The van der Waals surface area contributed by atoms with Crippen molar-refractivity contribution in [3.63, 3.8) is 0 Å². The van der Waals surface area contributed by atoms with Crippen molar-refractivity contribution in [3.05, 3.63) is 52.6 Å². The number of hydrogen-bond donors (Lipinski definition) is 0. The fourth-order valence-corrected chi connectivity index (χ4v) is 5.28. The van der Waals surface area contributed by atoms with Crippen molar-refractivity contribution in [2.75, 3.05) is 45.9 Å². The zero-order valence-corrected chi connectivity index (χ0v) is 19.8. The van der Waals surface area contributed by atoms with Gasteiger partial charge in [0.05, 0.1) is 57.7 Å². The van der Waals surface area contributed by atoms with Crippen molar-refractivity contribution in [1.82, 2.24) is 4.90 Å². The Hall–Kier alpha value is -3.51. The quantitative estimate of drug-likeness (QED) is 0.632. The predicted octanol–water partition coefficient (Wildman–Crippen LogP) is 3.94. The van der Waals surface area contributed by atoms with Crippen molar-refractivity contribution in [2.45, 2.75) is 12.3 Å². The Bertz CT molecular complexity index is 1130. The van der Waals surface area contributed by atoms with Crippen LogP contribution in [0.1, 0.15) is 17.9 Å². The molecule has 9 heteroatoms. The lowest BCUT2D eigenvalue weighted by atomic mass is 9.85. The summed E-state index contributed by atoms with van der Waals surface area (Å²) in [6, 6.07) is 13.6. The molecule has 2 aromatic carbocycles. The number of benzene rings is 2. The molecule has 8 nitrogen and oxygen atoms in total. The molecular formula is C24H25N3O5S. The van der Waals surface area contributed by atoms with Crippen LogP contribution in [0.5, 0.6) is 23.0 Å². The largest absolute Gasteiger partial charge is 0.497 e. The van der Waals surface area contributed by atoms with E-state index in [-0.39, 0.29) is 12.3 Å². The summed E-state index contributed by atoms with van der Waals surface area (Å²) in [7, 11) is 6.29. The van der Waals surface area contributed by atoms with Gasteiger partial charge in [0.15, 0.2) is 11.5 Å². The summed E-state index contributed by atoms with van der Waals surface area (Å²) < 4.78 is 21.6. The summed E-state index contributed by atoms with van der Waals surface area (Å²) in [5.41, 5.74) is 2.27. The van der Waals surface area contributed by atoms with Gasteiger partial charge in [0.2, 0.25) is 5.91 Å². The number of ether oxygens (including phenoxy) is 4. The molecule has 2 aromatic rings. The van der Waals surface area contributed by atoms with Crippen LogP contribution >= 0.6 is 11.8 Å². The number of anilines is 1. The second-order valence-corrected chi connectivity index (χ2v) is 8.44. The number of carbonyl (C=O) groups is 1. The van der Waals surface area contributed by atoms with E-state index in [0.717, 1.165) is 17.0 Å². The van der Waals surface area contributed by atoms with E-state index < -0.39 is 5.92 Å². The summed E-state index contributed by atoms with van der Waals surface area (Å²) in [5, 5.41) is 10.8. The van der Waals surface area contributed by atoms with Gasteiger partial charge in [0, 0.05) is 29.7 Å². The summed E-state index contributed by atoms with van der Waals surface area (Å²) >= 11 is 1.49. The van der Waals surface area contributed by atoms with Crippen LogP contribution in [0.15, 0.2) is 47.0 Å². The fourth-order valence-electron chi connectivity index (χ4n) is 4.11. The lowest BCUT2D eigenvalue weighted by molar-refractivity contribution is -0.129. The van der Waals surface area contributed by atoms with Crippen LogP contribution in [0.3, 0.4) is 0 Å². The zero-order chi connectivity index (χ0) is 23.5. The molecule has 0 aliphatic carbocycles.